The minimum atomic E-state index is 0.921. The van der Waals surface area contributed by atoms with Gasteiger partial charge in [-0.1, -0.05) is 30.3 Å². The standard InChI is InChI=1S/C11H11NO/c1-2-4-10(5-3-1)6-7-11-8-12-9-13-11/h1-5,8-9H,6-7H2. The van der Waals surface area contributed by atoms with Crippen LogP contribution in [0, 0.1) is 0 Å². The van der Waals surface area contributed by atoms with Gasteiger partial charge in [0.1, 0.15) is 5.76 Å². The lowest BCUT2D eigenvalue weighted by atomic mass is 10.1. The Morgan fingerprint density at radius 2 is 1.92 bits per heavy atom. The largest absolute Gasteiger partial charge is 0.449 e. The Kier molecular flexibility index (Phi) is 2.41. The Morgan fingerprint density at radius 3 is 2.62 bits per heavy atom. The summed E-state index contributed by atoms with van der Waals surface area (Å²) in [5, 5.41) is 0. The summed E-state index contributed by atoms with van der Waals surface area (Å²) in [7, 11) is 0. The van der Waals surface area contributed by atoms with Crippen LogP contribution < -0.4 is 0 Å². The molecular weight excluding hydrogens is 162 g/mol. The number of aryl methyl sites for hydroxylation is 2. The average Bonchev–Trinajstić information content (AvgIpc) is 2.69. The van der Waals surface area contributed by atoms with Gasteiger partial charge in [0, 0.05) is 6.42 Å². The smallest absolute Gasteiger partial charge is 0.180 e. The first-order valence-corrected chi connectivity index (χ1v) is 4.36. The molecule has 0 aliphatic carbocycles. The number of oxazole rings is 1. The molecule has 0 amide bonds. The molecule has 1 aromatic carbocycles. The first-order valence-electron chi connectivity index (χ1n) is 4.36. The Bertz CT molecular complexity index is 340. The molecule has 0 N–H and O–H groups in total. The molecule has 0 saturated carbocycles. The third-order valence-electron chi connectivity index (χ3n) is 1.99. The van der Waals surface area contributed by atoms with Crippen molar-refractivity contribution in [3.63, 3.8) is 0 Å². The van der Waals surface area contributed by atoms with E-state index in [1.807, 2.05) is 6.07 Å². The van der Waals surface area contributed by atoms with E-state index in [4.69, 9.17) is 4.42 Å². The Hall–Kier alpha value is -1.57. The summed E-state index contributed by atoms with van der Waals surface area (Å²) in [5.41, 5.74) is 1.33. The summed E-state index contributed by atoms with van der Waals surface area (Å²) in [4.78, 5) is 3.87. The lowest BCUT2D eigenvalue weighted by Gasteiger charge is -1.97. The maximum Gasteiger partial charge on any atom is 0.180 e. The van der Waals surface area contributed by atoms with Crippen molar-refractivity contribution in [3.8, 4) is 0 Å². The minimum Gasteiger partial charge on any atom is -0.449 e. The third kappa shape index (κ3) is 2.18. The highest BCUT2D eigenvalue weighted by molar-refractivity contribution is 5.15. The van der Waals surface area contributed by atoms with Gasteiger partial charge in [-0.3, -0.25) is 0 Å². The molecule has 0 atom stereocenters. The predicted octanol–water partition coefficient (Wildman–Crippen LogP) is 2.46. The normalized spacial score (nSPS) is 10.2. The van der Waals surface area contributed by atoms with Gasteiger partial charge in [0.15, 0.2) is 6.39 Å². The molecule has 66 valence electrons. The molecule has 2 nitrogen and oxygen atoms in total. The van der Waals surface area contributed by atoms with Gasteiger partial charge in [0.2, 0.25) is 0 Å². The van der Waals surface area contributed by atoms with Crippen LogP contribution in [0.1, 0.15) is 11.3 Å². The summed E-state index contributed by atoms with van der Waals surface area (Å²) in [5.74, 6) is 0.948. The van der Waals surface area contributed by atoms with Crippen molar-refractivity contribution < 1.29 is 4.42 Å². The van der Waals surface area contributed by atoms with Gasteiger partial charge in [-0.25, -0.2) is 4.98 Å². The van der Waals surface area contributed by atoms with Crippen molar-refractivity contribution in [2.75, 3.05) is 0 Å². The molecule has 0 aliphatic rings. The first-order chi connectivity index (χ1) is 6.45. The van der Waals surface area contributed by atoms with Gasteiger partial charge in [-0.05, 0) is 12.0 Å². The van der Waals surface area contributed by atoms with Gasteiger partial charge in [0.05, 0.1) is 6.20 Å². The second kappa shape index (κ2) is 3.90. The Morgan fingerprint density at radius 1 is 1.08 bits per heavy atom. The highest BCUT2D eigenvalue weighted by Gasteiger charge is 1.96. The lowest BCUT2D eigenvalue weighted by Crippen LogP contribution is -1.88. The van der Waals surface area contributed by atoms with Crippen molar-refractivity contribution >= 4 is 0 Å². The van der Waals surface area contributed by atoms with Gasteiger partial charge in [-0.15, -0.1) is 0 Å². The summed E-state index contributed by atoms with van der Waals surface area (Å²) < 4.78 is 5.14. The van der Waals surface area contributed by atoms with E-state index in [0.29, 0.717) is 0 Å². The second-order valence-corrected chi connectivity index (χ2v) is 2.95. The van der Waals surface area contributed by atoms with E-state index < -0.39 is 0 Å². The van der Waals surface area contributed by atoms with Gasteiger partial charge in [0.25, 0.3) is 0 Å². The fourth-order valence-electron chi connectivity index (χ4n) is 1.28. The molecule has 2 aromatic rings. The molecule has 13 heavy (non-hydrogen) atoms. The molecule has 0 unspecified atom stereocenters. The Labute approximate surface area is 77.2 Å². The predicted molar refractivity (Wildman–Crippen MR) is 50.4 cm³/mol. The van der Waals surface area contributed by atoms with E-state index >= 15 is 0 Å². The van der Waals surface area contributed by atoms with Crippen LogP contribution in [0.25, 0.3) is 0 Å². The molecule has 2 rings (SSSR count). The molecule has 0 radical (unpaired) electrons. The molecule has 0 saturated heterocycles. The molecule has 0 bridgehead atoms. The maximum atomic E-state index is 5.14. The minimum absolute atomic E-state index is 0.921. The van der Waals surface area contributed by atoms with E-state index in [1.54, 1.807) is 6.20 Å². The monoisotopic (exact) mass is 173 g/mol. The van der Waals surface area contributed by atoms with Crippen molar-refractivity contribution in [1.82, 2.24) is 4.98 Å². The highest BCUT2D eigenvalue weighted by Crippen LogP contribution is 2.05. The fourth-order valence-corrected chi connectivity index (χ4v) is 1.28. The van der Waals surface area contributed by atoms with Crippen LogP contribution in [0.3, 0.4) is 0 Å². The molecule has 1 aromatic heterocycles. The van der Waals surface area contributed by atoms with E-state index in [-0.39, 0.29) is 0 Å². The maximum absolute atomic E-state index is 5.14. The number of rotatable bonds is 3. The van der Waals surface area contributed by atoms with Crippen LogP contribution in [0.5, 0.6) is 0 Å². The van der Waals surface area contributed by atoms with Crippen molar-refractivity contribution in [1.29, 1.82) is 0 Å². The number of hydrogen-bond donors (Lipinski definition) is 0. The molecule has 1 heterocycles. The average molecular weight is 173 g/mol. The third-order valence-corrected chi connectivity index (χ3v) is 1.99. The van der Waals surface area contributed by atoms with E-state index in [9.17, 15) is 0 Å². The van der Waals surface area contributed by atoms with E-state index in [1.165, 1.54) is 12.0 Å². The zero-order valence-corrected chi connectivity index (χ0v) is 7.31. The second-order valence-electron chi connectivity index (χ2n) is 2.95. The number of benzene rings is 1. The fraction of sp³-hybridized carbons (Fsp3) is 0.182. The molecule has 0 aliphatic heterocycles. The zero-order valence-electron chi connectivity index (χ0n) is 7.31. The Balaban J connectivity index is 1.94. The quantitative estimate of drug-likeness (QED) is 0.712. The zero-order chi connectivity index (χ0) is 8.93. The van der Waals surface area contributed by atoms with Gasteiger partial charge < -0.3 is 4.42 Å². The molecular formula is C11H11NO. The van der Waals surface area contributed by atoms with Crippen LogP contribution in [0.2, 0.25) is 0 Å². The molecule has 0 spiro atoms. The van der Waals surface area contributed by atoms with E-state index in [2.05, 4.69) is 29.2 Å². The summed E-state index contributed by atoms with van der Waals surface area (Å²) in [6.07, 6.45) is 5.17. The first kappa shape index (κ1) is 8.05. The number of aromatic nitrogens is 1. The van der Waals surface area contributed by atoms with Crippen LogP contribution in [0.15, 0.2) is 47.3 Å². The molecule has 2 heteroatoms. The molecule has 0 fully saturated rings. The lowest BCUT2D eigenvalue weighted by molar-refractivity contribution is 0.503. The highest BCUT2D eigenvalue weighted by atomic mass is 16.3. The number of nitrogens with zero attached hydrogens (tertiary/aromatic N) is 1. The van der Waals surface area contributed by atoms with Crippen molar-refractivity contribution in [2.24, 2.45) is 0 Å². The summed E-state index contributed by atoms with van der Waals surface area (Å²) in [6, 6.07) is 10.4. The van der Waals surface area contributed by atoms with Crippen LogP contribution in [-0.4, -0.2) is 4.98 Å². The summed E-state index contributed by atoms with van der Waals surface area (Å²) >= 11 is 0. The summed E-state index contributed by atoms with van der Waals surface area (Å²) in [6.45, 7) is 0. The van der Waals surface area contributed by atoms with Gasteiger partial charge in [-0.2, -0.15) is 0 Å². The van der Waals surface area contributed by atoms with Crippen LogP contribution in [-0.2, 0) is 12.8 Å². The number of hydrogen-bond acceptors (Lipinski definition) is 2. The van der Waals surface area contributed by atoms with Crippen LogP contribution >= 0.6 is 0 Å². The van der Waals surface area contributed by atoms with Crippen LogP contribution in [0.4, 0.5) is 0 Å². The van der Waals surface area contributed by atoms with Crippen molar-refractivity contribution in [2.45, 2.75) is 12.8 Å². The van der Waals surface area contributed by atoms with E-state index in [0.717, 1.165) is 18.6 Å². The van der Waals surface area contributed by atoms with Gasteiger partial charge >= 0.3 is 0 Å². The SMILES string of the molecule is c1ccc(CCc2cnco2)cc1. The van der Waals surface area contributed by atoms with Crippen molar-refractivity contribution in [3.05, 3.63) is 54.2 Å². The topological polar surface area (TPSA) is 26.0 Å².